The normalized spacial score (nSPS) is 10.5. The van der Waals surface area contributed by atoms with Gasteiger partial charge in [0.1, 0.15) is 0 Å². The van der Waals surface area contributed by atoms with Gasteiger partial charge in [-0.15, -0.1) is 11.3 Å². The molecule has 0 aliphatic rings. The van der Waals surface area contributed by atoms with Crippen molar-refractivity contribution >= 4 is 28.7 Å². The van der Waals surface area contributed by atoms with E-state index in [1.807, 2.05) is 6.92 Å². The fourth-order valence-electron chi connectivity index (χ4n) is 1.33. The highest BCUT2D eigenvalue weighted by Crippen LogP contribution is 2.24. The number of aromatic nitrogens is 2. The van der Waals surface area contributed by atoms with Crippen LogP contribution < -0.4 is 0 Å². The van der Waals surface area contributed by atoms with Crippen LogP contribution in [0.25, 0.3) is 0 Å². The Hall–Kier alpha value is -1.13. The number of hydrogen-bond donors (Lipinski definition) is 0. The number of halogens is 1. The smallest absolute Gasteiger partial charge is 0.239 e. The zero-order chi connectivity index (χ0) is 10.8. The number of imidazole rings is 1. The van der Waals surface area contributed by atoms with Gasteiger partial charge in [0.2, 0.25) is 5.78 Å². The lowest BCUT2D eigenvalue weighted by Gasteiger charge is -2.02. The molecule has 0 aliphatic carbocycles. The number of carbonyl (C=O) groups is 1. The van der Waals surface area contributed by atoms with E-state index in [2.05, 4.69) is 4.98 Å². The largest absolute Gasteiger partial charge is 0.328 e. The molecule has 5 heteroatoms. The average molecular weight is 241 g/mol. The Kier molecular flexibility index (Phi) is 2.88. The standard InChI is InChI=1S/C10H9ClN2OS/c1-2-13-5-4-12-10(13)8(14)9-7(11)3-6-15-9/h3-6H,2H2,1H3. The molecule has 0 fully saturated rings. The first-order valence-electron chi connectivity index (χ1n) is 4.53. The van der Waals surface area contributed by atoms with Crippen molar-refractivity contribution in [1.29, 1.82) is 0 Å². The number of carbonyl (C=O) groups excluding carboxylic acids is 1. The van der Waals surface area contributed by atoms with Gasteiger partial charge in [0.15, 0.2) is 5.82 Å². The Morgan fingerprint density at radius 3 is 3.07 bits per heavy atom. The van der Waals surface area contributed by atoms with Gasteiger partial charge in [-0.25, -0.2) is 4.98 Å². The second-order valence-corrected chi connectivity index (χ2v) is 4.29. The minimum atomic E-state index is -0.109. The fraction of sp³-hybridized carbons (Fsp3) is 0.200. The Labute approximate surface area is 96.3 Å². The molecule has 2 aromatic heterocycles. The van der Waals surface area contributed by atoms with Crippen LogP contribution in [0.3, 0.4) is 0 Å². The Bertz CT molecular complexity index is 489. The molecule has 78 valence electrons. The van der Waals surface area contributed by atoms with E-state index in [1.165, 1.54) is 11.3 Å². The summed E-state index contributed by atoms with van der Waals surface area (Å²) in [4.78, 5) is 16.6. The number of aryl methyl sites for hydroxylation is 1. The van der Waals surface area contributed by atoms with Crippen LogP contribution in [0.5, 0.6) is 0 Å². The van der Waals surface area contributed by atoms with Gasteiger partial charge in [0.25, 0.3) is 0 Å². The summed E-state index contributed by atoms with van der Waals surface area (Å²) in [5, 5.41) is 2.30. The number of nitrogens with zero attached hydrogens (tertiary/aromatic N) is 2. The molecule has 0 atom stereocenters. The van der Waals surface area contributed by atoms with Crippen LogP contribution in [0.2, 0.25) is 5.02 Å². The first-order chi connectivity index (χ1) is 7.24. The van der Waals surface area contributed by atoms with Gasteiger partial charge in [-0.05, 0) is 18.4 Å². The maximum atomic E-state index is 12.0. The minimum Gasteiger partial charge on any atom is -0.328 e. The van der Waals surface area contributed by atoms with Gasteiger partial charge in [0.05, 0.1) is 9.90 Å². The number of ketones is 1. The molecule has 3 nitrogen and oxygen atoms in total. The zero-order valence-electron chi connectivity index (χ0n) is 8.11. The average Bonchev–Trinajstić information content (AvgIpc) is 2.84. The van der Waals surface area contributed by atoms with Crippen molar-refractivity contribution in [3.63, 3.8) is 0 Å². The lowest BCUT2D eigenvalue weighted by atomic mass is 10.3. The van der Waals surface area contributed by atoms with E-state index < -0.39 is 0 Å². The molecule has 2 heterocycles. The van der Waals surface area contributed by atoms with E-state index in [9.17, 15) is 4.79 Å². The van der Waals surface area contributed by atoms with Gasteiger partial charge < -0.3 is 4.57 Å². The maximum Gasteiger partial charge on any atom is 0.239 e. The van der Waals surface area contributed by atoms with Crippen molar-refractivity contribution in [2.45, 2.75) is 13.5 Å². The Balaban J connectivity index is 2.41. The molecular formula is C10H9ClN2OS. The summed E-state index contributed by atoms with van der Waals surface area (Å²) in [6, 6.07) is 1.72. The van der Waals surface area contributed by atoms with E-state index >= 15 is 0 Å². The van der Waals surface area contributed by atoms with E-state index in [1.54, 1.807) is 28.4 Å². The summed E-state index contributed by atoms with van der Waals surface area (Å²) in [5.74, 6) is 0.337. The van der Waals surface area contributed by atoms with Gasteiger partial charge in [0, 0.05) is 18.9 Å². The molecule has 0 unspecified atom stereocenters. The van der Waals surface area contributed by atoms with Crippen molar-refractivity contribution in [1.82, 2.24) is 9.55 Å². The first kappa shape index (κ1) is 10.4. The summed E-state index contributed by atoms with van der Waals surface area (Å²) in [6.07, 6.45) is 3.41. The highest BCUT2D eigenvalue weighted by molar-refractivity contribution is 7.13. The Morgan fingerprint density at radius 1 is 1.67 bits per heavy atom. The minimum absolute atomic E-state index is 0.109. The third kappa shape index (κ3) is 1.82. The lowest BCUT2D eigenvalue weighted by molar-refractivity contribution is 0.102. The van der Waals surface area contributed by atoms with Gasteiger partial charge in [-0.1, -0.05) is 11.6 Å². The molecule has 0 radical (unpaired) electrons. The topological polar surface area (TPSA) is 34.9 Å². The predicted molar refractivity (Wildman–Crippen MR) is 60.7 cm³/mol. The summed E-state index contributed by atoms with van der Waals surface area (Å²) in [5.41, 5.74) is 0. The zero-order valence-corrected chi connectivity index (χ0v) is 9.68. The van der Waals surface area contributed by atoms with Gasteiger partial charge in [-0.3, -0.25) is 4.79 Å². The van der Waals surface area contributed by atoms with Gasteiger partial charge in [-0.2, -0.15) is 0 Å². The fourth-order valence-corrected chi connectivity index (χ4v) is 2.41. The monoisotopic (exact) mass is 240 g/mol. The number of hydrogen-bond acceptors (Lipinski definition) is 3. The van der Waals surface area contributed by atoms with Crippen LogP contribution in [-0.2, 0) is 6.54 Å². The summed E-state index contributed by atoms with van der Waals surface area (Å²) in [6.45, 7) is 2.69. The van der Waals surface area contributed by atoms with Crippen molar-refractivity contribution in [3.8, 4) is 0 Å². The van der Waals surface area contributed by atoms with Crippen LogP contribution in [0.4, 0.5) is 0 Å². The molecule has 0 bridgehead atoms. The highest BCUT2D eigenvalue weighted by atomic mass is 35.5. The Morgan fingerprint density at radius 2 is 2.47 bits per heavy atom. The molecule has 0 amide bonds. The molecule has 0 saturated heterocycles. The summed E-state index contributed by atoms with van der Waals surface area (Å²) in [7, 11) is 0. The van der Waals surface area contributed by atoms with E-state index in [-0.39, 0.29) is 5.78 Å². The quantitative estimate of drug-likeness (QED) is 0.774. The molecule has 0 spiro atoms. The number of rotatable bonds is 3. The van der Waals surface area contributed by atoms with Crippen molar-refractivity contribution in [2.75, 3.05) is 0 Å². The highest BCUT2D eigenvalue weighted by Gasteiger charge is 2.18. The van der Waals surface area contributed by atoms with Crippen LogP contribution in [0.15, 0.2) is 23.8 Å². The number of thiophene rings is 1. The molecule has 2 aromatic rings. The van der Waals surface area contributed by atoms with Crippen molar-refractivity contribution < 1.29 is 4.79 Å². The molecule has 0 N–H and O–H groups in total. The third-order valence-electron chi connectivity index (χ3n) is 2.08. The predicted octanol–water partition coefficient (Wildman–Crippen LogP) is 2.85. The van der Waals surface area contributed by atoms with E-state index in [4.69, 9.17) is 11.6 Å². The summed E-state index contributed by atoms with van der Waals surface area (Å²) < 4.78 is 1.80. The molecule has 0 aromatic carbocycles. The second-order valence-electron chi connectivity index (χ2n) is 2.96. The lowest BCUT2D eigenvalue weighted by Crippen LogP contribution is -2.09. The SMILES string of the molecule is CCn1ccnc1C(=O)c1sccc1Cl. The van der Waals surface area contributed by atoms with Crippen molar-refractivity contribution in [2.24, 2.45) is 0 Å². The van der Waals surface area contributed by atoms with Crippen LogP contribution in [0.1, 0.15) is 22.4 Å². The molecule has 2 rings (SSSR count). The van der Waals surface area contributed by atoms with E-state index in [0.29, 0.717) is 15.7 Å². The summed E-state index contributed by atoms with van der Waals surface area (Å²) >= 11 is 7.24. The van der Waals surface area contributed by atoms with Crippen LogP contribution >= 0.6 is 22.9 Å². The van der Waals surface area contributed by atoms with Crippen LogP contribution in [-0.4, -0.2) is 15.3 Å². The second kappa shape index (κ2) is 4.16. The first-order valence-corrected chi connectivity index (χ1v) is 5.78. The van der Waals surface area contributed by atoms with Crippen molar-refractivity contribution in [3.05, 3.63) is 39.6 Å². The van der Waals surface area contributed by atoms with Crippen LogP contribution in [0, 0.1) is 0 Å². The molecular weight excluding hydrogens is 232 g/mol. The molecule has 15 heavy (non-hydrogen) atoms. The van der Waals surface area contributed by atoms with Gasteiger partial charge >= 0.3 is 0 Å². The maximum absolute atomic E-state index is 12.0. The van der Waals surface area contributed by atoms with E-state index in [0.717, 1.165) is 6.54 Å². The molecule has 0 saturated carbocycles. The molecule has 0 aliphatic heterocycles. The third-order valence-corrected chi connectivity index (χ3v) is 3.42.